The van der Waals surface area contributed by atoms with Crippen LogP contribution in [0.15, 0.2) is 40.9 Å². The lowest BCUT2D eigenvalue weighted by atomic mass is 10.1. The van der Waals surface area contributed by atoms with Crippen LogP contribution in [0.5, 0.6) is 0 Å². The summed E-state index contributed by atoms with van der Waals surface area (Å²) in [6.45, 7) is 4.95. The van der Waals surface area contributed by atoms with Crippen LogP contribution in [0.3, 0.4) is 0 Å². The molecule has 0 saturated carbocycles. The van der Waals surface area contributed by atoms with E-state index in [1.165, 1.54) is 0 Å². The van der Waals surface area contributed by atoms with Crippen LogP contribution in [0.1, 0.15) is 38.1 Å². The highest BCUT2D eigenvalue weighted by Crippen LogP contribution is 2.28. The molecule has 0 amide bonds. The third-order valence-electron chi connectivity index (χ3n) is 4.62. The predicted molar refractivity (Wildman–Crippen MR) is 92.6 cm³/mol. The molecule has 2 aromatic rings. The van der Waals surface area contributed by atoms with E-state index in [-0.39, 0.29) is 12.6 Å². The quantitative estimate of drug-likeness (QED) is 0.790. The number of aliphatic hydroxyl groups excluding tert-OH is 1. The predicted octanol–water partition coefficient (Wildman–Crippen LogP) is 3.27. The largest absolute Gasteiger partial charge is 0.439 e. The molecular formula is C19H26N2O3. The van der Waals surface area contributed by atoms with Crippen molar-refractivity contribution in [3.05, 3.63) is 42.4 Å². The molecule has 5 nitrogen and oxygen atoms in total. The van der Waals surface area contributed by atoms with Crippen LogP contribution in [0.2, 0.25) is 0 Å². The van der Waals surface area contributed by atoms with E-state index < -0.39 is 0 Å². The smallest absolute Gasteiger partial charge is 0.211 e. The molecule has 0 bridgehead atoms. The number of oxazole rings is 1. The van der Waals surface area contributed by atoms with E-state index in [0.717, 1.165) is 49.6 Å². The van der Waals surface area contributed by atoms with Gasteiger partial charge in [-0.1, -0.05) is 30.3 Å². The van der Waals surface area contributed by atoms with Gasteiger partial charge < -0.3 is 14.3 Å². The number of piperidine rings is 1. The summed E-state index contributed by atoms with van der Waals surface area (Å²) in [5, 5.41) is 8.82. The molecule has 3 rings (SSSR count). The summed E-state index contributed by atoms with van der Waals surface area (Å²) in [7, 11) is 0. The van der Waals surface area contributed by atoms with E-state index >= 15 is 0 Å². The zero-order valence-electron chi connectivity index (χ0n) is 14.2. The highest BCUT2D eigenvalue weighted by atomic mass is 16.5. The number of hydrogen-bond acceptors (Lipinski definition) is 5. The Morgan fingerprint density at radius 1 is 1.29 bits per heavy atom. The molecule has 130 valence electrons. The third kappa shape index (κ3) is 4.23. The normalized spacial score (nSPS) is 17.9. The minimum atomic E-state index is 0.167. The highest BCUT2D eigenvalue weighted by molar-refractivity contribution is 5.55. The molecule has 1 N–H and O–H groups in total. The fraction of sp³-hybridized carbons (Fsp3) is 0.526. The number of aliphatic hydroxyl groups is 1. The summed E-state index contributed by atoms with van der Waals surface area (Å²) >= 11 is 0. The van der Waals surface area contributed by atoms with Gasteiger partial charge in [-0.25, -0.2) is 4.98 Å². The van der Waals surface area contributed by atoms with E-state index in [1.54, 1.807) is 0 Å². The molecular weight excluding hydrogens is 304 g/mol. The lowest BCUT2D eigenvalue weighted by molar-refractivity contribution is -0.00733. The second-order valence-corrected chi connectivity index (χ2v) is 6.29. The Labute approximate surface area is 143 Å². The molecule has 1 fully saturated rings. The van der Waals surface area contributed by atoms with Crippen molar-refractivity contribution >= 4 is 0 Å². The lowest BCUT2D eigenvalue weighted by Gasteiger charge is -2.34. The van der Waals surface area contributed by atoms with Gasteiger partial charge in [0.15, 0.2) is 5.76 Å². The van der Waals surface area contributed by atoms with Gasteiger partial charge in [-0.3, -0.25) is 4.90 Å². The van der Waals surface area contributed by atoms with Crippen molar-refractivity contribution in [1.29, 1.82) is 0 Å². The summed E-state index contributed by atoms with van der Waals surface area (Å²) in [6, 6.07) is 10.2. The van der Waals surface area contributed by atoms with Crippen molar-refractivity contribution in [2.45, 2.75) is 38.3 Å². The van der Waals surface area contributed by atoms with Gasteiger partial charge in [0.2, 0.25) is 5.89 Å². The SMILES string of the molecule is CC(c1ncc(-c2ccccc2)o1)N1CCC(OCCCO)CC1. The van der Waals surface area contributed by atoms with E-state index in [2.05, 4.69) is 16.8 Å². The first-order chi connectivity index (χ1) is 11.8. The fourth-order valence-electron chi connectivity index (χ4n) is 3.12. The molecule has 0 radical (unpaired) electrons. The number of ether oxygens (including phenoxy) is 1. The molecule has 0 spiro atoms. The molecule has 0 aliphatic carbocycles. The van der Waals surface area contributed by atoms with Crippen molar-refractivity contribution in [3.8, 4) is 11.3 Å². The minimum Gasteiger partial charge on any atom is -0.439 e. The molecule has 24 heavy (non-hydrogen) atoms. The molecule has 5 heteroatoms. The van der Waals surface area contributed by atoms with E-state index in [4.69, 9.17) is 14.3 Å². The molecule has 1 unspecified atom stereocenters. The Bertz CT molecular complexity index is 606. The molecule has 1 aliphatic rings. The van der Waals surface area contributed by atoms with Crippen LogP contribution in [0.25, 0.3) is 11.3 Å². The van der Waals surface area contributed by atoms with Crippen LogP contribution >= 0.6 is 0 Å². The fourth-order valence-corrected chi connectivity index (χ4v) is 3.12. The first kappa shape index (κ1) is 17.1. The zero-order valence-corrected chi connectivity index (χ0v) is 14.2. The number of benzene rings is 1. The molecule has 2 heterocycles. The van der Waals surface area contributed by atoms with Crippen LogP contribution in [0.4, 0.5) is 0 Å². The summed E-state index contributed by atoms with van der Waals surface area (Å²) in [6.07, 6.45) is 4.87. The maximum Gasteiger partial charge on any atom is 0.211 e. The van der Waals surface area contributed by atoms with Gasteiger partial charge in [-0.15, -0.1) is 0 Å². The zero-order chi connectivity index (χ0) is 16.8. The number of aromatic nitrogens is 1. The van der Waals surface area contributed by atoms with Gasteiger partial charge in [0.05, 0.1) is 18.3 Å². The van der Waals surface area contributed by atoms with Gasteiger partial charge in [-0.05, 0) is 26.2 Å². The Morgan fingerprint density at radius 3 is 2.75 bits per heavy atom. The van der Waals surface area contributed by atoms with E-state index in [9.17, 15) is 0 Å². The van der Waals surface area contributed by atoms with Gasteiger partial charge >= 0.3 is 0 Å². The number of likely N-dealkylation sites (tertiary alicyclic amines) is 1. The van der Waals surface area contributed by atoms with Gasteiger partial charge in [0, 0.05) is 31.9 Å². The third-order valence-corrected chi connectivity index (χ3v) is 4.62. The van der Waals surface area contributed by atoms with E-state index in [1.807, 2.05) is 36.5 Å². The Kier molecular flexibility index (Phi) is 6.01. The topological polar surface area (TPSA) is 58.7 Å². The van der Waals surface area contributed by atoms with Gasteiger partial charge in [0.25, 0.3) is 0 Å². The summed E-state index contributed by atoms with van der Waals surface area (Å²) < 4.78 is 11.8. The molecule has 1 aromatic heterocycles. The Balaban J connectivity index is 1.54. The molecule has 1 atom stereocenters. The van der Waals surface area contributed by atoms with Crippen LogP contribution < -0.4 is 0 Å². The Hall–Kier alpha value is -1.69. The van der Waals surface area contributed by atoms with Crippen molar-refractivity contribution in [3.63, 3.8) is 0 Å². The number of hydrogen-bond donors (Lipinski definition) is 1. The van der Waals surface area contributed by atoms with Crippen molar-refractivity contribution in [2.75, 3.05) is 26.3 Å². The van der Waals surface area contributed by atoms with Crippen molar-refractivity contribution < 1.29 is 14.3 Å². The average Bonchev–Trinajstić information content (AvgIpc) is 3.13. The summed E-state index contributed by atoms with van der Waals surface area (Å²) in [4.78, 5) is 6.88. The van der Waals surface area contributed by atoms with Gasteiger partial charge in [-0.2, -0.15) is 0 Å². The van der Waals surface area contributed by atoms with Crippen LogP contribution in [0, 0.1) is 0 Å². The first-order valence-electron chi connectivity index (χ1n) is 8.75. The second kappa shape index (κ2) is 8.42. The number of rotatable bonds is 7. The lowest BCUT2D eigenvalue weighted by Crippen LogP contribution is -2.38. The second-order valence-electron chi connectivity index (χ2n) is 6.29. The summed E-state index contributed by atoms with van der Waals surface area (Å²) in [5.74, 6) is 1.59. The Morgan fingerprint density at radius 2 is 2.04 bits per heavy atom. The highest BCUT2D eigenvalue weighted by Gasteiger charge is 2.26. The number of nitrogens with zero attached hydrogens (tertiary/aromatic N) is 2. The standard InChI is InChI=1S/C19H26N2O3/c1-15(21-10-8-17(9-11-21)23-13-5-12-22)19-20-14-18(24-19)16-6-3-2-4-7-16/h2-4,6-7,14-15,17,22H,5,8-13H2,1H3. The maximum atomic E-state index is 8.82. The average molecular weight is 330 g/mol. The first-order valence-corrected chi connectivity index (χ1v) is 8.75. The molecule has 1 aromatic carbocycles. The maximum absolute atomic E-state index is 8.82. The minimum absolute atomic E-state index is 0.167. The van der Waals surface area contributed by atoms with Crippen molar-refractivity contribution in [2.24, 2.45) is 0 Å². The van der Waals surface area contributed by atoms with Crippen LogP contribution in [-0.2, 0) is 4.74 Å². The summed E-state index contributed by atoms with van der Waals surface area (Å²) in [5.41, 5.74) is 1.06. The van der Waals surface area contributed by atoms with Crippen molar-refractivity contribution in [1.82, 2.24) is 9.88 Å². The van der Waals surface area contributed by atoms with E-state index in [0.29, 0.717) is 12.7 Å². The molecule has 1 aliphatic heterocycles. The molecule has 1 saturated heterocycles. The monoisotopic (exact) mass is 330 g/mol. The van der Waals surface area contributed by atoms with Crippen LogP contribution in [-0.4, -0.2) is 47.4 Å². The van der Waals surface area contributed by atoms with Gasteiger partial charge in [0.1, 0.15) is 0 Å².